The van der Waals surface area contributed by atoms with Gasteiger partial charge in [-0.05, 0) is 29.8 Å². The Morgan fingerprint density at radius 1 is 0.929 bits per heavy atom. The minimum Gasteiger partial charge on any atom is -0.307 e. The van der Waals surface area contributed by atoms with Crippen LogP contribution in [-0.4, -0.2) is 22.0 Å². The number of fused-ring (bicyclic) bond motifs is 2. The number of aromatic nitrogens is 1. The van der Waals surface area contributed by atoms with Crippen molar-refractivity contribution in [2.75, 3.05) is 4.90 Å². The SMILES string of the molecule is O=C1C2Sc3[nH]c(=O)sc3C(c3ccc(Br)cc3)C2C(=O)N1c1ccccc1. The number of nitrogens with one attached hydrogen (secondary N) is 1. The maximum Gasteiger partial charge on any atom is 0.305 e. The molecule has 3 atom stereocenters. The number of hydrogen-bond donors (Lipinski definition) is 1. The first-order valence-electron chi connectivity index (χ1n) is 8.62. The molecular formula is C20H13BrN2O3S2. The van der Waals surface area contributed by atoms with Crippen LogP contribution in [0.5, 0.6) is 0 Å². The molecule has 5 nitrogen and oxygen atoms in total. The van der Waals surface area contributed by atoms with E-state index in [0.29, 0.717) is 10.7 Å². The van der Waals surface area contributed by atoms with Crippen molar-refractivity contribution in [2.24, 2.45) is 5.92 Å². The Morgan fingerprint density at radius 3 is 2.36 bits per heavy atom. The maximum atomic E-state index is 13.4. The third-order valence-corrected chi connectivity index (χ3v) is 8.00. The predicted molar refractivity (Wildman–Crippen MR) is 113 cm³/mol. The van der Waals surface area contributed by atoms with Gasteiger partial charge in [0.25, 0.3) is 0 Å². The van der Waals surface area contributed by atoms with E-state index in [2.05, 4.69) is 20.9 Å². The zero-order chi connectivity index (χ0) is 19.4. The fourth-order valence-corrected chi connectivity index (χ4v) is 6.66. The molecule has 1 fully saturated rings. The van der Waals surface area contributed by atoms with Gasteiger partial charge in [-0.15, -0.1) is 0 Å². The maximum absolute atomic E-state index is 13.4. The summed E-state index contributed by atoms with van der Waals surface area (Å²) in [5, 5.41) is 0.138. The fraction of sp³-hybridized carbons (Fsp3) is 0.150. The van der Waals surface area contributed by atoms with E-state index in [1.54, 1.807) is 12.1 Å². The summed E-state index contributed by atoms with van der Waals surface area (Å²) >= 11 is 5.85. The summed E-state index contributed by atoms with van der Waals surface area (Å²) < 4.78 is 0.931. The zero-order valence-electron chi connectivity index (χ0n) is 14.3. The molecular weight excluding hydrogens is 460 g/mol. The molecule has 3 unspecified atom stereocenters. The molecule has 1 saturated heterocycles. The lowest BCUT2D eigenvalue weighted by Gasteiger charge is -2.29. The van der Waals surface area contributed by atoms with Gasteiger partial charge >= 0.3 is 4.87 Å². The fourth-order valence-electron chi connectivity index (χ4n) is 3.88. The number of aromatic amines is 1. The molecule has 2 amide bonds. The van der Waals surface area contributed by atoms with Crippen LogP contribution < -0.4 is 9.77 Å². The molecule has 3 heterocycles. The number of imide groups is 1. The number of rotatable bonds is 2. The minimum absolute atomic E-state index is 0.167. The second kappa shape index (κ2) is 6.72. The first-order valence-corrected chi connectivity index (χ1v) is 11.1. The monoisotopic (exact) mass is 472 g/mol. The van der Waals surface area contributed by atoms with Gasteiger partial charge < -0.3 is 4.98 Å². The molecule has 0 saturated carbocycles. The molecule has 2 aromatic carbocycles. The molecule has 0 spiro atoms. The largest absolute Gasteiger partial charge is 0.307 e. The third kappa shape index (κ3) is 2.70. The predicted octanol–water partition coefficient (Wildman–Crippen LogP) is 3.99. The number of thioether (sulfide) groups is 1. The van der Waals surface area contributed by atoms with Crippen LogP contribution in [0.25, 0.3) is 0 Å². The van der Waals surface area contributed by atoms with Crippen molar-refractivity contribution >= 4 is 56.5 Å². The van der Waals surface area contributed by atoms with Gasteiger partial charge in [-0.1, -0.05) is 69.4 Å². The number of amides is 2. The second-order valence-electron chi connectivity index (χ2n) is 6.65. The van der Waals surface area contributed by atoms with Gasteiger partial charge in [-0.25, -0.2) is 4.90 Å². The highest BCUT2D eigenvalue weighted by molar-refractivity contribution is 9.10. The van der Waals surface area contributed by atoms with E-state index in [1.165, 1.54) is 16.7 Å². The standard InChI is InChI=1S/C20H13BrN2O3S2/c21-11-8-6-10(7-9-11)13-14-16(27-17-15(13)28-20(26)22-17)19(25)23(18(14)24)12-4-2-1-3-5-12/h1-9,13-14,16H,(H,22,26). The summed E-state index contributed by atoms with van der Waals surface area (Å²) in [6.07, 6.45) is 0. The smallest absolute Gasteiger partial charge is 0.305 e. The van der Waals surface area contributed by atoms with Gasteiger partial charge in [0.05, 0.1) is 16.6 Å². The first-order chi connectivity index (χ1) is 13.5. The van der Waals surface area contributed by atoms with E-state index >= 15 is 0 Å². The number of H-pyrrole nitrogens is 1. The number of carbonyl (C=O) groups is 2. The molecule has 0 aliphatic carbocycles. The second-order valence-corrected chi connectivity index (χ2v) is 9.73. The normalized spacial score (nSPS) is 23.6. The van der Waals surface area contributed by atoms with E-state index in [-0.39, 0.29) is 22.6 Å². The minimum atomic E-state index is -0.556. The van der Waals surface area contributed by atoms with E-state index < -0.39 is 11.2 Å². The van der Waals surface area contributed by atoms with Crippen LogP contribution in [0.15, 0.2) is 68.9 Å². The summed E-state index contributed by atoms with van der Waals surface area (Å²) in [5.74, 6) is -1.32. The Kier molecular flexibility index (Phi) is 4.30. The third-order valence-electron chi connectivity index (χ3n) is 5.07. The summed E-state index contributed by atoms with van der Waals surface area (Å²) in [4.78, 5) is 43.4. The van der Waals surface area contributed by atoms with Gasteiger partial charge in [0.1, 0.15) is 5.25 Å². The average molecular weight is 473 g/mol. The van der Waals surface area contributed by atoms with Crippen LogP contribution in [-0.2, 0) is 9.59 Å². The average Bonchev–Trinajstić information content (AvgIpc) is 3.18. The van der Waals surface area contributed by atoms with E-state index in [1.807, 2.05) is 42.5 Å². The van der Waals surface area contributed by atoms with Gasteiger partial charge in [0.15, 0.2) is 0 Å². The number of benzene rings is 2. The van der Waals surface area contributed by atoms with Crippen molar-refractivity contribution in [1.29, 1.82) is 0 Å². The van der Waals surface area contributed by atoms with E-state index in [9.17, 15) is 14.4 Å². The molecule has 1 N–H and O–H groups in total. The van der Waals surface area contributed by atoms with Crippen LogP contribution in [0.1, 0.15) is 16.4 Å². The Bertz CT molecular complexity index is 1140. The van der Waals surface area contributed by atoms with Crippen LogP contribution in [0.2, 0.25) is 0 Å². The summed E-state index contributed by atoms with van der Waals surface area (Å²) in [6.45, 7) is 0. The van der Waals surface area contributed by atoms with Crippen LogP contribution in [0.4, 0.5) is 5.69 Å². The summed E-state index contributed by atoms with van der Waals surface area (Å²) in [5.41, 5.74) is 1.50. The van der Waals surface area contributed by atoms with Gasteiger partial charge in [-0.2, -0.15) is 0 Å². The van der Waals surface area contributed by atoms with Gasteiger partial charge in [0, 0.05) is 15.3 Å². The van der Waals surface area contributed by atoms with E-state index in [0.717, 1.165) is 26.3 Å². The Morgan fingerprint density at radius 2 is 1.64 bits per heavy atom. The highest BCUT2D eigenvalue weighted by atomic mass is 79.9. The number of hydrogen-bond acceptors (Lipinski definition) is 5. The molecule has 1 aromatic heterocycles. The lowest BCUT2D eigenvalue weighted by Crippen LogP contribution is -2.32. The van der Waals surface area contributed by atoms with E-state index in [4.69, 9.17) is 0 Å². The number of carbonyl (C=O) groups excluding carboxylic acids is 2. The van der Waals surface area contributed by atoms with Gasteiger partial charge in [0.2, 0.25) is 11.8 Å². The molecule has 3 aromatic rings. The summed E-state index contributed by atoms with van der Waals surface area (Å²) in [6, 6.07) is 16.7. The molecule has 8 heteroatoms. The molecule has 0 radical (unpaired) electrons. The first kappa shape index (κ1) is 17.9. The Labute approximate surface area is 176 Å². The van der Waals surface area contributed by atoms with Gasteiger partial charge in [-0.3, -0.25) is 14.4 Å². The van der Waals surface area contributed by atoms with Crippen molar-refractivity contribution in [3.63, 3.8) is 0 Å². The van der Waals surface area contributed by atoms with Crippen LogP contribution in [0, 0.1) is 5.92 Å². The number of para-hydroxylation sites is 1. The van der Waals surface area contributed by atoms with Crippen LogP contribution >= 0.6 is 39.0 Å². The van der Waals surface area contributed by atoms with Crippen molar-refractivity contribution in [3.05, 3.63) is 79.2 Å². The number of anilines is 1. The molecule has 5 rings (SSSR count). The molecule has 2 aliphatic heterocycles. The Balaban J connectivity index is 1.66. The highest BCUT2D eigenvalue weighted by Gasteiger charge is 2.56. The molecule has 28 heavy (non-hydrogen) atoms. The lowest BCUT2D eigenvalue weighted by molar-refractivity contribution is -0.122. The molecule has 2 aliphatic rings. The van der Waals surface area contributed by atoms with Crippen LogP contribution in [0.3, 0.4) is 0 Å². The summed E-state index contributed by atoms with van der Waals surface area (Å²) in [7, 11) is 0. The molecule has 140 valence electrons. The highest BCUT2D eigenvalue weighted by Crippen LogP contribution is 2.53. The number of nitrogens with zero attached hydrogens (tertiary/aromatic N) is 1. The quantitative estimate of drug-likeness (QED) is 0.572. The van der Waals surface area contributed by atoms with Crippen molar-refractivity contribution in [3.8, 4) is 0 Å². The number of halogens is 1. The zero-order valence-corrected chi connectivity index (χ0v) is 17.5. The van der Waals surface area contributed by atoms with Crippen molar-refractivity contribution in [1.82, 2.24) is 4.98 Å². The topological polar surface area (TPSA) is 70.2 Å². The Hall–Kier alpha value is -2.16. The number of thiazole rings is 1. The van der Waals surface area contributed by atoms with Crippen molar-refractivity contribution < 1.29 is 9.59 Å². The molecule has 0 bridgehead atoms. The lowest BCUT2D eigenvalue weighted by atomic mass is 9.83. The van der Waals surface area contributed by atoms with Crippen molar-refractivity contribution in [2.45, 2.75) is 16.2 Å².